The monoisotopic (exact) mass is 313 g/mol. The smallest absolute Gasteiger partial charge is 0.412 e. The zero-order valence-electron chi connectivity index (χ0n) is 13.0. The van der Waals surface area contributed by atoms with Crippen molar-refractivity contribution in [1.29, 1.82) is 0 Å². The number of methoxy groups -OCH3 is 1. The van der Waals surface area contributed by atoms with Crippen LogP contribution in [0.2, 0.25) is 0 Å². The van der Waals surface area contributed by atoms with E-state index in [0.29, 0.717) is 5.56 Å². The number of anilines is 1. The first-order chi connectivity index (χ1) is 10.1. The number of rotatable bonds is 5. The normalized spacial score (nSPS) is 12.6. The predicted octanol–water partition coefficient (Wildman–Crippen LogP) is 2.81. The van der Waals surface area contributed by atoms with E-state index < -0.39 is 29.6 Å². The number of carbonyl (C=O) groups is 2. The molecule has 1 aromatic carbocycles. The molecule has 0 heterocycles. The lowest BCUT2D eigenvalue weighted by Gasteiger charge is -2.21. The molecular formula is C15H20FNO5. The van der Waals surface area contributed by atoms with Crippen LogP contribution in [0.15, 0.2) is 18.2 Å². The number of halogens is 1. The first kappa shape index (κ1) is 17.9. The second-order valence-electron chi connectivity index (χ2n) is 5.70. The van der Waals surface area contributed by atoms with Crippen LogP contribution in [-0.4, -0.2) is 36.0 Å². The van der Waals surface area contributed by atoms with Crippen molar-refractivity contribution in [3.63, 3.8) is 0 Å². The summed E-state index contributed by atoms with van der Waals surface area (Å²) >= 11 is 0. The van der Waals surface area contributed by atoms with Gasteiger partial charge in [0, 0.05) is 19.2 Å². The average Bonchev–Trinajstić information content (AvgIpc) is 2.36. The van der Waals surface area contributed by atoms with Crippen molar-refractivity contribution < 1.29 is 28.6 Å². The third-order valence-corrected chi connectivity index (χ3v) is 2.67. The molecule has 0 aliphatic heterocycles. The van der Waals surface area contributed by atoms with E-state index >= 15 is 0 Å². The molecule has 6 nitrogen and oxygen atoms in total. The Hall–Kier alpha value is -2.15. The molecule has 0 aliphatic rings. The highest BCUT2D eigenvalue weighted by Crippen LogP contribution is 2.21. The fourth-order valence-corrected chi connectivity index (χ4v) is 1.74. The summed E-state index contributed by atoms with van der Waals surface area (Å²) in [6, 6.07) is 3.67. The molecule has 0 bridgehead atoms. The minimum absolute atomic E-state index is 0.0886. The quantitative estimate of drug-likeness (QED) is 0.873. The van der Waals surface area contributed by atoms with E-state index in [1.807, 2.05) is 0 Å². The first-order valence-electron chi connectivity index (χ1n) is 6.66. The second kappa shape index (κ2) is 7.22. The van der Waals surface area contributed by atoms with Gasteiger partial charge in [0.2, 0.25) is 0 Å². The summed E-state index contributed by atoms with van der Waals surface area (Å²) in [7, 11) is 1.25. The van der Waals surface area contributed by atoms with Gasteiger partial charge in [-0.1, -0.05) is 0 Å². The van der Waals surface area contributed by atoms with Gasteiger partial charge >= 0.3 is 12.1 Å². The lowest BCUT2D eigenvalue weighted by Crippen LogP contribution is -2.28. The molecule has 1 unspecified atom stereocenters. The van der Waals surface area contributed by atoms with E-state index in [1.165, 1.54) is 19.2 Å². The van der Waals surface area contributed by atoms with Gasteiger partial charge in [0.15, 0.2) is 6.10 Å². The third-order valence-electron chi connectivity index (χ3n) is 2.67. The lowest BCUT2D eigenvalue weighted by atomic mass is 10.1. The van der Waals surface area contributed by atoms with Gasteiger partial charge in [-0.05, 0) is 44.5 Å². The van der Waals surface area contributed by atoms with Gasteiger partial charge in [0.25, 0.3) is 0 Å². The summed E-state index contributed by atoms with van der Waals surface area (Å²) in [5.41, 5.74) is -0.0977. The maximum absolute atomic E-state index is 13.4. The van der Waals surface area contributed by atoms with E-state index in [9.17, 15) is 14.0 Å². The third kappa shape index (κ3) is 5.69. The summed E-state index contributed by atoms with van der Waals surface area (Å²) in [4.78, 5) is 22.8. The van der Waals surface area contributed by atoms with Crippen molar-refractivity contribution >= 4 is 17.7 Å². The summed E-state index contributed by atoms with van der Waals surface area (Å²) in [6.45, 7) is 5.14. The van der Waals surface area contributed by atoms with E-state index in [0.717, 1.165) is 6.07 Å². The van der Waals surface area contributed by atoms with E-state index in [-0.39, 0.29) is 12.1 Å². The largest absolute Gasteiger partial charge is 0.479 e. The number of ether oxygens (including phenoxy) is 2. The minimum Gasteiger partial charge on any atom is -0.479 e. The molecular weight excluding hydrogens is 293 g/mol. The molecule has 1 rings (SSSR count). The molecule has 22 heavy (non-hydrogen) atoms. The molecule has 2 N–H and O–H groups in total. The molecule has 0 saturated heterocycles. The van der Waals surface area contributed by atoms with Crippen molar-refractivity contribution in [2.24, 2.45) is 0 Å². The maximum atomic E-state index is 13.4. The van der Waals surface area contributed by atoms with Crippen LogP contribution >= 0.6 is 0 Å². The highest BCUT2D eigenvalue weighted by molar-refractivity contribution is 5.86. The predicted molar refractivity (Wildman–Crippen MR) is 78.4 cm³/mol. The van der Waals surface area contributed by atoms with Crippen molar-refractivity contribution in [1.82, 2.24) is 0 Å². The fraction of sp³-hybridized carbons (Fsp3) is 0.467. The van der Waals surface area contributed by atoms with Crippen LogP contribution < -0.4 is 5.32 Å². The van der Waals surface area contributed by atoms with Crippen LogP contribution in [0.4, 0.5) is 14.9 Å². The van der Waals surface area contributed by atoms with Gasteiger partial charge in [-0.3, -0.25) is 5.32 Å². The zero-order valence-corrected chi connectivity index (χ0v) is 13.0. The highest BCUT2D eigenvalue weighted by atomic mass is 19.1. The van der Waals surface area contributed by atoms with Crippen LogP contribution in [-0.2, 0) is 20.7 Å². The Bertz CT molecular complexity index is 553. The summed E-state index contributed by atoms with van der Waals surface area (Å²) in [6.07, 6.45) is -1.93. The number of carboxylic acid groups (broad SMARTS) is 1. The minimum atomic E-state index is -1.17. The van der Waals surface area contributed by atoms with Crippen LogP contribution in [0.1, 0.15) is 26.3 Å². The van der Waals surface area contributed by atoms with E-state index in [2.05, 4.69) is 5.32 Å². The first-order valence-corrected chi connectivity index (χ1v) is 6.66. The molecule has 0 saturated carbocycles. The average molecular weight is 313 g/mol. The van der Waals surface area contributed by atoms with Crippen molar-refractivity contribution in [3.05, 3.63) is 29.6 Å². The Balaban J connectivity index is 2.95. The fourth-order valence-electron chi connectivity index (χ4n) is 1.74. The molecule has 1 amide bonds. The molecule has 7 heteroatoms. The molecule has 1 aromatic rings. The van der Waals surface area contributed by atoms with Crippen molar-refractivity contribution in [2.75, 3.05) is 12.4 Å². The zero-order chi connectivity index (χ0) is 16.9. The van der Waals surface area contributed by atoms with Gasteiger partial charge < -0.3 is 14.6 Å². The number of aliphatic carboxylic acids is 1. The Morgan fingerprint density at radius 3 is 2.50 bits per heavy atom. The number of nitrogens with one attached hydrogen (secondary N) is 1. The molecule has 0 spiro atoms. The number of carbonyl (C=O) groups excluding carboxylic acids is 1. The van der Waals surface area contributed by atoms with Gasteiger partial charge in [0.05, 0.1) is 0 Å². The Labute approximate surface area is 128 Å². The standard InChI is InChI=1S/C15H20FNO5/c1-15(2,3)22-14(20)17-11-6-5-10(16)7-9(11)8-12(21-4)13(18)19/h5-7,12H,8H2,1-4H3,(H,17,20)(H,18,19). The number of hydrogen-bond acceptors (Lipinski definition) is 4. The Morgan fingerprint density at radius 2 is 2.00 bits per heavy atom. The van der Waals surface area contributed by atoms with Gasteiger partial charge in [-0.15, -0.1) is 0 Å². The van der Waals surface area contributed by atoms with Crippen molar-refractivity contribution in [3.8, 4) is 0 Å². The molecule has 0 fully saturated rings. The van der Waals surface area contributed by atoms with Gasteiger partial charge in [0.1, 0.15) is 11.4 Å². The molecule has 1 atom stereocenters. The van der Waals surface area contributed by atoms with Gasteiger partial charge in [-0.25, -0.2) is 14.0 Å². The Kier molecular flexibility index (Phi) is 5.87. The Morgan fingerprint density at radius 1 is 1.36 bits per heavy atom. The maximum Gasteiger partial charge on any atom is 0.412 e. The summed E-state index contributed by atoms with van der Waals surface area (Å²) in [5, 5.41) is 11.5. The van der Waals surface area contributed by atoms with Crippen LogP contribution in [0, 0.1) is 5.82 Å². The van der Waals surface area contributed by atoms with Crippen LogP contribution in [0.25, 0.3) is 0 Å². The molecule has 122 valence electrons. The number of carboxylic acids is 1. The second-order valence-corrected chi connectivity index (χ2v) is 5.70. The van der Waals surface area contributed by atoms with E-state index in [1.54, 1.807) is 20.8 Å². The number of amides is 1. The van der Waals surface area contributed by atoms with Crippen LogP contribution in [0.3, 0.4) is 0 Å². The molecule has 0 radical (unpaired) electrons. The van der Waals surface area contributed by atoms with Gasteiger partial charge in [-0.2, -0.15) is 0 Å². The molecule has 0 aromatic heterocycles. The summed E-state index contributed by atoms with van der Waals surface area (Å²) < 4.78 is 23.3. The molecule has 0 aliphatic carbocycles. The van der Waals surface area contributed by atoms with Crippen LogP contribution in [0.5, 0.6) is 0 Å². The summed E-state index contributed by atoms with van der Waals surface area (Å²) in [5.74, 6) is -1.71. The SMILES string of the molecule is COC(Cc1cc(F)ccc1NC(=O)OC(C)(C)C)C(=O)O. The number of benzene rings is 1. The lowest BCUT2D eigenvalue weighted by molar-refractivity contribution is -0.148. The van der Waals surface area contributed by atoms with E-state index in [4.69, 9.17) is 14.6 Å². The number of hydrogen-bond donors (Lipinski definition) is 2. The van der Waals surface area contributed by atoms with Crippen molar-refractivity contribution in [2.45, 2.75) is 38.9 Å². The highest BCUT2D eigenvalue weighted by Gasteiger charge is 2.21. The topological polar surface area (TPSA) is 84.9 Å².